The molecule has 0 radical (unpaired) electrons. The molecule has 8 heteroatoms. The van der Waals surface area contributed by atoms with E-state index < -0.39 is 0 Å². The third-order valence-corrected chi connectivity index (χ3v) is 4.26. The molecule has 1 atom stereocenters. The van der Waals surface area contributed by atoms with E-state index in [0.717, 1.165) is 12.2 Å². The van der Waals surface area contributed by atoms with Crippen molar-refractivity contribution >= 4 is 23.5 Å². The zero-order valence-electron chi connectivity index (χ0n) is 12.9. The van der Waals surface area contributed by atoms with E-state index in [9.17, 15) is 4.79 Å². The van der Waals surface area contributed by atoms with Gasteiger partial charge in [0.15, 0.2) is 5.16 Å². The summed E-state index contributed by atoms with van der Waals surface area (Å²) in [6.07, 6.45) is 5.91. The fourth-order valence-electron chi connectivity index (χ4n) is 2.48. The minimum Gasteiger partial charge on any atom is -0.467 e. The third kappa shape index (κ3) is 3.65. The number of nitrogens with zero attached hydrogens (tertiary/aromatic N) is 3. The van der Waals surface area contributed by atoms with E-state index in [2.05, 4.69) is 15.3 Å². The molecule has 2 aromatic heterocycles. The number of nitrogens with two attached hydrogens (primary N) is 1. The molecule has 1 amide bonds. The van der Waals surface area contributed by atoms with Crippen LogP contribution in [0.4, 0.5) is 5.82 Å². The number of thioether (sulfide) groups is 1. The van der Waals surface area contributed by atoms with E-state index in [1.807, 2.05) is 18.4 Å². The number of carbonyl (C=O) groups is 1. The Labute approximate surface area is 138 Å². The molecule has 1 aliphatic heterocycles. The summed E-state index contributed by atoms with van der Waals surface area (Å²) in [5.74, 6) is 1.20. The highest BCUT2D eigenvalue weighted by molar-refractivity contribution is 7.98. The van der Waals surface area contributed by atoms with Gasteiger partial charge in [0.1, 0.15) is 17.1 Å². The number of amides is 1. The van der Waals surface area contributed by atoms with Gasteiger partial charge >= 0.3 is 0 Å². The van der Waals surface area contributed by atoms with Crippen molar-refractivity contribution in [2.24, 2.45) is 5.73 Å². The molecule has 0 spiro atoms. The average Bonchev–Trinajstić information content (AvgIpc) is 3.23. The number of rotatable bonds is 5. The zero-order valence-corrected chi connectivity index (χ0v) is 13.7. The van der Waals surface area contributed by atoms with Gasteiger partial charge in [-0.05, 0) is 24.8 Å². The van der Waals surface area contributed by atoms with Crippen molar-refractivity contribution in [2.45, 2.75) is 24.2 Å². The Hall–Kier alpha value is -2.06. The summed E-state index contributed by atoms with van der Waals surface area (Å²) in [7, 11) is 0. The number of likely N-dealkylation sites (tertiary alicyclic amines) is 1. The molecule has 1 saturated heterocycles. The maximum Gasteiger partial charge on any atom is 0.259 e. The molecule has 3 rings (SSSR count). The first-order chi connectivity index (χ1) is 11.2. The molecule has 7 nitrogen and oxygen atoms in total. The van der Waals surface area contributed by atoms with Crippen molar-refractivity contribution in [3.05, 3.63) is 35.9 Å². The first kappa shape index (κ1) is 15.8. The topological polar surface area (TPSA) is 97.3 Å². The SMILES string of the molecule is CSc1ncc(C(=O)N2CCC(N)C2)c(NCc2ccco2)n1. The standard InChI is InChI=1S/C15H19N5O2S/c1-23-15-18-8-12(14(21)20-5-4-10(16)9-20)13(19-15)17-7-11-3-2-6-22-11/h2-3,6,8,10H,4-5,7,9,16H2,1H3,(H,17,18,19). The second-order valence-corrected chi connectivity index (χ2v) is 6.13. The van der Waals surface area contributed by atoms with Gasteiger partial charge in [0.25, 0.3) is 5.91 Å². The predicted molar refractivity (Wildman–Crippen MR) is 88.3 cm³/mol. The van der Waals surface area contributed by atoms with Crippen molar-refractivity contribution in [2.75, 3.05) is 24.7 Å². The largest absolute Gasteiger partial charge is 0.467 e. The number of hydrogen-bond acceptors (Lipinski definition) is 7. The summed E-state index contributed by atoms with van der Waals surface area (Å²) in [5.41, 5.74) is 6.35. The predicted octanol–water partition coefficient (Wildman–Crippen LogP) is 1.58. The van der Waals surface area contributed by atoms with Gasteiger partial charge in [-0.1, -0.05) is 11.8 Å². The lowest BCUT2D eigenvalue weighted by atomic mass is 10.2. The monoisotopic (exact) mass is 333 g/mol. The third-order valence-electron chi connectivity index (χ3n) is 3.70. The molecule has 3 N–H and O–H groups in total. The van der Waals surface area contributed by atoms with Crippen LogP contribution in [0.25, 0.3) is 0 Å². The van der Waals surface area contributed by atoms with Crippen molar-refractivity contribution in [1.29, 1.82) is 0 Å². The normalized spacial score (nSPS) is 17.5. The van der Waals surface area contributed by atoms with Crippen LogP contribution in [0.5, 0.6) is 0 Å². The average molecular weight is 333 g/mol. The quantitative estimate of drug-likeness (QED) is 0.633. The minimum absolute atomic E-state index is 0.0462. The van der Waals surface area contributed by atoms with Gasteiger partial charge in [-0.3, -0.25) is 4.79 Å². The highest BCUT2D eigenvalue weighted by Crippen LogP contribution is 2.21. The molecule has 0 bridgehead atoms. The van der Waals surface area contributed by atoms with Gasteiger partial charge in [0.2, 0.25) is 0 Å². The molecule has 1 aliphatic rings. The highest BCUT2D eigenvalue weighted by atomic mass is 32.2. The van der Waals surface area contributed by atoms with Gasteiger partial charge in [-0.25, -0.2) is 9.97 Å². The van der Waals surface area contributed by atoms with Crippen LogP contribution in [0.1, 0.15) is 22.5 Å². The second kappa shape index (κ2) is 7.01. The van der Waals surface area contributed by atoms with E-state index >= 15 is 0 Å². The molecule has 122 valence electrons. The Morgan fingerprint density at radius 1 is 1.61 bits per heavy atom. The van der Waals surface area contributed by atoms with Crippen LogP contribution < -0.4 is 11.1 Å². The van der Waals surface area contributed by atoms with Crippen molar-refractivity contribution in [1.82, 2.24) is 14.9 Å². The van der Waals surface area contributed by atoms with Crippen molar-refractivity contribution in [3.63, 3.8) is 0 Å². The van der Waals surface area contributed by atoms with Gasteiger partial charge < -0.3 is 20.4 Å². The smallest absolute Gasteiger partial charge is 0.259 e. The number of furan rings is 1. The molecule has 1 unspecified atom stereocenters. The number of nitrogens with one attached hydrogen (secondary N) is 1. The summed E-state index contributed by atoms with van der Waals surface area (Å²) in [5, 5.41) is 3.78. The summed E-state index contributed by atoms with van der Waals surface area (Å²) in [6.45, 7) is 1.69. The van der Waals surface area contributed by atoms with Crippen LogP contribution >= 0.6 is 11.8 Å². The summed E-state index contributed by atoms with van der Waals surface area (Å²) < 4.78 is 5.30. The molecule has 0 aliphatic carbocycles. The summed E-state index contributed by atoms with van der Waals surface area (Å²) >= 11 is 1.43. The van der Waals surface area contributed by atoms with Crippen LogP contribution in [0, 0.1) is 0 Å². The Bertz CT molecular complexity index is 677. The molecule has 2 aromatic rings. The lowest BCUT2D eigenvalue weighted by Gasteiger charge is -2.18. The minimum atomic E-state index is -0.0902. The lowest BCUT2D eigenvalue weighted by molar-refractivity contribution is 0.0791. The fraction of sp³-hybridized carbons (Fsp3) is 0.400. The number of carbonyl (C=O) groups excluding carboxylic acids is 1. The van der Waals surface area contributed by atoms with Crippen LogP contribution in [-0.2, 0) is 6.54 Å². The van der Waals surface area contributed by atoms with Crippen LogP contribution in [0.15, 0.2) is 34.2 Å². The Kier molecular flexibility index (Phi) is 4.82. The van der Waals surface area contributed by atoms with Crippen molar-refractivity contribution < 1.29 is 9.21 Å². The van der Waals surface area contributed by atoms with Crippen molar-refractivity contribution in [3.8, 4) is 0 Å². The zero-order chi connectivity index (χ0) is 16.2. The van der Waals surface area contributed by atoms with Gasteiger partial charge in [0, 0.05) is 25.3 Å². The van der Waals surface area contributed by atoms with E-state index in [1.165, 1.54) is 11.8 Å². The van der Waals surface area contributed by atoms with E-state index in [4.69, 9.17) is 10.2 Å². The molecular weight excluding hydrogens is 314 g/mol. The maximum absolute atomic E-state index is 12.7. The first-order valence-electron chi connectivity index (χ1n) is 7.39. The number of hydrogen-bond donors (Lipinski definition) is 2. The fourth-order valence-corrected chi connectivity index (χ4v) is 2.82. The van der Waals surface area contributed by atoms with Gasteiger partial charge in [-0.15, -0.1) is 0 Å². The summed E-state index contributed by atoms with van der Waals surface area (Å²) in [6, 6.07) is 3.73. The van der Waals surface area contributed by atoms with E-state index in [0.29, 0.717) is 36.2 Å². The lowest BCUT2D eigenvalue weighted by Crippen LogP contribution is -2.32. The number of anilines is 1. The maximum atomic E-state index is 12.7. The van der Waals surface area contributed by atoms with Crippen LogP contribution in [-0.4, -0.2) is 46.2 Å². The molecule has 3 heterocycles. The highest BCUT2D eigenvalue weighted by Gasteiger charge is 2.27. The van der Waals surface area contributed by atoms with Crippen LogP contribution in [0.2, 0.25) is 0 Å². The van der Waals surface area contributed by atoms with E-state index in [1.54, 1.807) is 17.4 Å². The molecule has 0 aromatic carbocycles. The van der Waals surface area contributed by atoms with Crippen LogP contribution in [0.3, 0.4) is 0 Å². The Balaban J connectivity index is 1.81. The number of aromatic nitrogens is 2. The first-order valence-corrected chi connectivity index (χ1v) is 8.62. The van der Waals surface area contributed by atoms with Gasteiger partial charge in [-0.2, -0.15) is 0 Å². The van der Waals surface area contributed by atoms with E-state index in [-0.39, 0.29) is 11.9 Å². The molecular formula is C15H19N5O2S. The van der Waals surface area contributed by atoms with Gasteiger partial charge in [0.05, 0.1) is 12.8 Å². The molecule has 0 saturated carbocycles. The second-order valence-electron chi connectivity index (χ2n) is 5.35. The molecule has 1 fully saturated rings. The molecule has 23 heavy (non-hydrogen) atoms. The summed E-state index contributed by atoms with van der Waals surface area (Å²) in [4.78, 5) is 23.1. The Morgan fingerprint density at radius 3 is 3.13 bits per heavy atom. The Morgan fingerprint density at radius 2 is 2.48 bits per heavy atom.